The number of amides is 2. The standard InChI is InChI=1S/C20H16Cl2N4O3/c21-10-2-4-16-13(5-10)14(7-23-16)18(9-25-20(28)29)26-19(27)15-8-24-17-6-11(22)1-3-12(15)17/h1-8,18,23-25H,9H2,(H,26,27)(H,28,29). The lowest BCUT2D eigenvalue weighted by Gasteiger charge is -2.18. The zero-order chi connectivity index (χ0) is 20.5. The second-order valence-corrected chi connectivity index (χ2v) is 7.41. The van der Waals surface area contributed by atoms with Crippen LogP contribution in [0.1, 0.15) is 22.0 Å². The number of benzene rings is 2. The van der Waals surface area contributed by atoms with Crippen LogP contribution in [0.4, 0.5) is 4.79 Å². The van der Waals surface area contributed by atoms with Gasteiger partial charge in [-0.3, -0.25) is 4.79 Å². The van der Waals surface area contributed by atoms with E-state index >= 15 is 0 Å². The minimum absolute atomic E-state index is 0.00523. The van der Waals surface area contributed by atoms with Crippen LogP contribution in [0.25, 0.3) is 21.8 Å². The zero-order valence-corrected chi connectivity index (χ0v) is 16.4. The van der Waals surface area contributed by atoms with E-state index in [-0.39, 0.29) is 12.5 Å². The van der Waals surface area contributed by atoms with E-state index in [1.807, 2.05) is 6.07 Å². The molecule has 9 heteroatoms. The summed E-state index contributed by atoms with van der Waals surface area (Å²) in [6.45, 7) is -0.00523. The predicted octanol–water partition coefficient (Wildman–Crippen LogP) is 4.69. The normalized spacial score (nSPS) is 12.2. The van der Waals surface area contributed by atoms with Crippen LogP contribution in [0.15, 0.2) is 48.8 Å². The quantitative estimate of drug-likeness (QED) is 0.316. The summed E-state index contributed by atoms with van der Waals surface area (Å²) in [6.07, 6.45) is 2.16. The molecule has 0 saturated heterocycles. The van der Waals surface area contributed by atoms with Gasteiger partial charge in [0.1, 0.15) is 0 Å². The summed E-state index contributed by atoms with van der Waals surface area (Å²) in [5.74, 6) is -0.341. The van der Waals surface area contributed by atoms with E-state index in [0.717, 1.165) is 27.4 Å². The first-order valence-electron chi connectivity index (χ1n) is 8.73. The van der Waals surface area contributed by atoms with Crippen LogP contribution in [0.3, 0.4) is 0 Å². The highest BCUT2D eigenvalue weighted by atomic mass is 35.5. The molecule has 4 aromatic rings. The van der Waals surface area contributed by atoms with Gasteiger partial charge in [-0.2, -0.15) is 0 Å². The number of rotatable bonds is 5. The molecule has 0 aliphatic rings. The maximum atomic E-state index is 13.0. The molecular weight excluding hydrogens is 415 g/mol. The lowest BCUT2D eigenvalue weighted by molar-refractivity contribution is 0.0937. The van der Waals surface area contributed by atoms with Crippen molar-refractivity contribution in [2.45, 2.75) is 6.04 Å². The molecule has 2 aromatic heterocycles. The van der Waals surface area contributed by atoms with Gasteiger partial charge in [0.15, 0.2) is 0 Å². The Kier molecular flexibility index (Phi) is 5.08. The highest BCUT2D eigenvalue weighted by molar-refractivity contribution is 6.31. The number of H-pyrrole nitrogens is 2. The maximum Gasteiger partial charge on any atom is 0.404 e. The molecule has 1 unspecified atom stereocenters. The smallest absolute Gasteiger partial charge is 0.404 e. The summed E-state index contributed by atoms with van der Waals surface area (Å²) in [7, 11) is 0. The van der Waals surface area contributed by atoms with Crippen molar-refractivity contribution in [3.63, 3.8) is 0 Å². The fraction of sp³-hybridized carbons (Fsp3) is 0.100. The number of aromatic nitrogens is 2. The summed E-state index contributed by atoms with van der Waals surface area (Å²) < 4.78 is 0. The molecule has 148 valence electrons. The fourth-order valence-corrected chi connectivity index (χ4v) is 3.70. The van der Waals surface area contributed by atoms with E-state index in [2.05, 4.69) is 20.6 Å². The third-order valence-corrected chi connectivity index (χ3v) is 5.17. The van der Waals surface area contributed by atoms with Crippen molar-refractivity contribution < 1.29 is 14.7 Å². The van der Waals surface area contributed by atoms with Gasteiger partial charge < -0.3 is 25.7 Å². The number of hydrogen-bond acceptors (Lipinski definition) is 2. The van der Waals surface area contributed by atoms with Gasteiger partial charge in [0.05, 0.1) is 11.6 Å². The van der Waals surface area contributed by atoms with Crippen LogP contribution in [-0.4, -0.2) is 33.6 Å². The zero-order valence-electron chi connectivity index (χ0n) is 14.9. The molecule has 0 fully saturated rings. The van der Waals surface area contributed by atoms with Crippen molar-refractivity contribution in [3.8, 4) is 0 Å². The summed E-state index contributed by atoms with van der Waals surface area (Å²) >= 11 is 12.1. The highest BCUT2D eigenvalue weighted by Crippen LogP contribution is 2.28. The molecule has 2 aromatic carbocycles. The molecule has 5 N–H and O–H groups in total. The van der Waals surface area contributed by atoms with Gasteiger partial charge in [-0.1, -0.05) is 29.3 Å². The average Bonchev–Trinajstić information content (AvgIpc) is 3.28. The van der Waals surface area contributed by atoms with Crippen molar-refractivity contribution in [2.24, 2.45) is 0 Å². The van der Waals surface area contributed by atoms with E-state index in [9.17, 15) is 9.59 Å². The molecule has 7 nitrogen and oxygen atoms in total. The van der Waals surface area contributed by atoms with Crippen molar-refractivity contribution >= 4 is 57.0 Å². The number of fused-ring (bicyclic) bond motifs is 2. The summed E-state index contributed by atoms with van der Waals surface area (Å²) in [4.78, 5) is 30.2. The second-order valence-electron chi connectivity index (χ2n) is 6.54. The first-order valence-corrected chi connectivity index (χ1v) is 9.49. The van der Waals surface area contributed by atoms with Crippen molar-refractivity contribution in [2.75, 3.05) is 6.54 Å². The van der Waals surface area contributed by atoms with Gasteiger partial charge >= 0.3 is 6.09 Å². The SMILES string of the molecule is O=C(O)NCC(NC(=O)c1c[nH]c2cc(Cl)ccc12)c1c[nH]c2ccc(Cl)cc12. The molecule has 4 rings (SSSR count). The fourth-order valence-electron chi connectivity index (χ4n) is 3.35. The number of carbonyl (C=O) groups excluding carboxylic acids is 1. The number of nitrogens with one attached hydrogen (secondary N) is 4. The van der Waals surface area contributed by atoms with E-state index in [1.165, 1.54) is 0 Å². The largest absolute Gasteiger partial charge is 0.465 e. The van der Waals surface area contributed by atoms with Crippen LogP contribution in [-0.2, 0) is 0 Å². The Hall–Kier alpha value is -3.16. The van der Waals surface area contributed by atoms with Crippen LogP contribution in [0.2, 0.25) is 10.0 Å². The molecule has 0 radical (unpaired) electrons. The molecule has 2 heterocycles. The van der Waals surface area contributed by atoms with Crippen LogP contribution in [0.5, 0.6) is 0 Å². The van der Waals surface area contributed by atoms with Gasteiger partial charge in [-0.05, 0) is 30.3 Å². The van der Waals surface area contributed by atoms with E-state index in [0.29, 0.717) is 15.6 Å². The second kappa shape index (κ2) is 7.69. The Morgan fingerprint density at radius 1 is 0.966 bits per heavy atom. The van der Waals surface area contributed by atoms with Gasteiger partial charge in [-0.25, -0.2) is 4.79 Å². The van der Waals surface area contributed by atoms with E-state index < -0.39 is 12.1 Å². The average molecular weight is 431 g/mol. The van der Waals surface area contributed by atoms with E-state index in [1.54, 1.807) is 42.7 Å². The number of aromatic amines is 2. The Bertz CT molecular complexity index is 1230. The first-order chi connectivity index (χ1) is 13.9. The van der Waals surface area contributed by atoms with Gasteiger partial charge in [0, 0.05) is 56.4 Å². The Morgan fingerprint density at radius 2 is 1.69 bits per heavy atom. The maximum absolute atomic E-state index is 13.0. The molecule has 1 atom stereocenters. The lowest BCUT2D eigenvalue weighted by Crippen LogP contribution is -2.37. The molecule has 29 heavy (non-hydrogen) atoms. The van der Waals surface area contributed by atoms with E-state index in [4.69, 9.17) is 28.3 Å². The Balaban J connectivity index is 1.68. The topological polar surface area (TPSA) is 110 Å². The third kappa shape index (κ3) is 3.87. The number of halogens is 2. The van der Waals surface area contributed by atoms with Gasteiger partial charge in [0.25, 0.3) is 5.91 Å². The van der Waals surface area contributed by atoms with Crippen LogP contribution < -0.4 is 10.6 Å². The minimum Gasteiger partial charge on any atom is -0.465 e. The first kappa shape index (κ1) is 19.2. The molecule has 2 amide bonds. The molecule has 0 spiro atoms. The molecular formula is C20H16Cl2N4O3. The summed E-state index contributed by atoms with van der Waals surface area (Å²) in [6, 6.07) is 9.95. The summed E-state index contributed by atoms with van der Waals surface area (Å²) in [5.41, 5.74) is 2.74. The lowest BCUT2D eigenvalue weighted by atomic mass is 10.0. The Labute approximate surface area is 175 Å². The number of carboxylic acid groups (broad SMARTS) is 1. The van der Waals surface area contributed by atoms with Crippen molar-refractivity contribution in [1.29, 1.82) is 0 Å². The molecule has 0 aliphatic carbocycles. The van der Waals surface area contributed by atoms with Crippen molar-refractivity contribution in [3.05, 3.63) is 70.0 Å². The third-order valence-electron chi connectivity index (χ3n) is 4.70. The van der Waals surface area contributed by atoms with Crippen LogP contribution in [0, 0.1) is 0 Å². The molecule has 0 aliphatic heterocycles. The molecule has 0 saturated carbocycles. The Morgan fingerprint density at radius 3 is 2.48 bits per heavy atom. The van der Waals surface area contributed by atoms with Gasteiger partial charge in [-0.15, -0.1) is 0 Å². The van der Waals surface area contributed by atoms with Crippen molar-refractivity contribution in [1.82, 2.24) is 20.6 Å². The molecule has 0 bridgehead atoms. The number of hydrogen-bond donors (Lipinski definition) is 5. The van der Waals surface area contributed by atoms with Gasteiger partial charge in [0.2, 0.25) is 0 Å². The summed E-state index contributed by atoms with van der Waals surface area (Å²) in [5, 5.41) is 16.9. The minimum atomic E-state index is -1.18. The number of carbonyl (C=O) groups is 2. The predicted molar refractivity (Wildman–Crippen MR) is 113 cm³/mol. The van der Waals surface area contributed by atoms with Crippen LogP contribution >= 0.6 is 23.2 Å². The highest BCUT2D eigenvalue weighted by Gasteiger charge is 2.22. The monoisotopic (exact) mass is 430 g/mol.